The molecule has 0 bridgehead atoms. The third-order valence-corrected chi connectivity index (χ3v) is 3.76. The average Bonchev–Trinajstić information content (AvgIpc) is 2.76. The van der Waals surface area contributed by atoms with E-state index in [1.54, 1.807) is 18.3 Å². The SMILES string of the molecule is CC(C)Nc1nccc(C(C=O)c2ccc(Cl)s2)n1. The summed E-state index contributed by atoms with van der Waals surface area (Å²) in [7, 11) is 0. The first kappa shape index (κ1) is 14.0. The van der Waals surface area contributed by atoms with Gasteiger partial charge in [-0.3, -0.25) is 0 Å². The second kappa shape index (κ2) is 6.12. The van der Waals surface area contributed by atoms with Gasteiger partial charge < -0.3 is 10.1 Å². The highest BCUT2D eigenvalue weighted by Crippen LogP contribution is 2.30. The molecule has 1 atom stereocenters. The van der Waals surface area contributed by atoms with Gasteiger partial charge in [0.2, 0.25) is 5.95 Å². The average molecular weight is 296 g/mol. The highest BCUT2D eigenvalue weighted by molar-refractivity contribution is 7.16. The van der Waals surface area contributed by atoms with E-state index in [4.69, 9.17) is 11.6 Å². The van der Waals surface area contributed by atoms with Crippen LogP contribution in [0.2, 0.25) is 4.34 Å². The predicted octanol–water partition coefficient (Wildman–Crippen LogP) is 3.34. The zero-order chi connectivity index (χ0) is 13.8. The molecule has 1 N–H and O–H groups in total. The minimum Gasteiger partial charge on any atom is -0.352 e. The quantitative estimate of drug-likeness (QED) is 0.860. The number of aldehydes is 1. The van der Waals surface area contributed by atoms with Gasteiger partial charge in [0.15, 0.2) is 0 Å². The van der Waals surface area contributed by atoms with Gasteiger partial charge >= 0.3 is 0 Å². The molecule has 19 heavy (non-hydrogen) atoms. The summed E-state index contributed by atoms with van der Waals surface area (Å²) in [5, 5.41) is 3.12. The molecule has 4 nitrogen and oxygen atoms in total. The Morgan fingerprint density at radius 1 is 1.37 bits per heavy atom. The first-order valence-corrected chi connectivity index (χ1v) is 7.09. The molecule has 2 rings (SSSR count). The Morgan fingerprint density at radius 2 is 2.16 bits per heavy atom. The van der Waals surface area contributed by atoms with Gasteiger partial charge in [-0.15, -0.1) is 11.3 Å². The van der Waals surface area contributed by atoms with Crippen molar-refractivity contribution in [1.29, 1.82) is 0 Å². The molecule has 0 saturated heterocycles. The third-order valence-electron chi connectivity index (χ3n) is 2.45. The van der Waals surface area contributed by atoms with Gasteiger partial charge in [0.1, 0.15) is 6.29 Å². The molecule has 0 aliphatic rings. The number of nitrogens with zero attached hydrogens (tertiary/aromatic N) is 2. The Labute approximate surface area is 120 Å². The lowest BCUT2D eigenvalue weighted by Gasteiger charge is -2.11. The number of nitrogens with one attached hydrogen (secondary N) is 1. The maximum Gasteiger partial charge on any atom is 0.223 e. The van der Waals surface area contributed by atoms with E-state index in [2.05, 4.69) is 15.3 Å². The van der Waals surface area contributed by atoms with Crippen molar-refractivity contribution >= 4 is 35.2 Å². The van der Waals surface area contributed by atoms with E-state index in [1.165, 1.54) is 11.3 Å². The number of aromatic nitrogens is 2. The van der Waals surface area contributed by atoms with Crippen LogP contribution in [-0.2, 0) is 4.79 Å². The van der Waals surface area contributed by atoms with E-state index < -0.39 is 5.92 Å². The molecule has 1 unspecified atom stereocenters. The van der Waals surface area contributed by atoms with Gasteiger partial charge in [-0.1, -0.05) is 11.6 Å². The smallest absolute Gasteiger partial charge is 0.223 e. The standard InChI is InChI=1S/C13H14ClN3OS/c1-8(2)16-13-15-6-5-10(17-13)9(7-18)11-3-4-12(14)19-11/h3-9H,1-2H3,(H,15,16,17). The number of thiophene rings is 1. The van der Waals surface area contributed by atoms with Crippen molar-refractivity contribution in [2.75, 3.05) is 5.32 Å². The molecule has 0 aromatic carbocycles. The Morgan fingerprint density at radius 3 is 2.74 bits per heavy atom. The van der Waals surface area contributed by atoms with Crippen LogP contribution in [0.1, 0.15) is 30.3 Å². The fourth-order valence-corrected chi connectivity index (χ4v) is 2.78. The lowest BCUT2D eigenvalue weighted by Crippen LogP contribution is -2.14. The van der Waals surface area contributed by atoms with E-state index in [1.807, 2.05) is 19.9 Å². The van der Waals surface area contributed by atoms with Crippen molar-refractivity contribution in [2.45, 2.75) is 25.8 Å². The summed E-state index contributed by atoms with van der Waals surface area (Å²) in [6.45, 7) is 4.01. The molecule has 0 saturated carbocycles. The van der Waals surface area contributed by atoms with Gasteiger partial charge in [-0.25, -0.2) is 9.97 Å². The van der Waals surface area contributed by atoms with E-state index in [0.717, 1.165) is 11.2 Å². The Hall–Kier alpha value is -1.46. The summed E-state index contributed by atoms with van der Waals surface area (Å²) in [5.41, 5.74) is 0.673. The predicted molar refractivity (Wildman–Crippen MR) is 78.0 cm³/mol. The lowest BCUT2D eigenvalue weighted by molar-refractivity contribution is -0.108. The molecule has 0 radical (unpaired) electrons. The first-order valence-electron chi connectivity index (χ1n) is 5.90. The molecule has 0 fully saturated rings. The number of carbonyl (C=O) groups is 1. The molecule has 0 amide bonds. The van der Waals surface area contributed by atoms with Crippen LogP contribution in [0.4, 0.5) is 5.95 Å². The van der Waals surface area contributed by atoms with Crippen LogP contribution in [0, 0.1) is 0 Å². The molecular formula is C13H14ClN3OS. The zero-order valence-electron chi connectivity index (χ0n) is 10.6. The van der Waals surface area contributed by atoms with Crippen LogP contribution in [0.15, 0.2) is 24.4 Å². The third kappa shape index (κ3) is 3.52. The lowest BCUT2D eigenvalue weighted by atomic mass is 10.1. The summed E-state index contributed by atoms with van der Waals surface area (Å²) < 4.78 is 0.663. The van der Waals surface area contributed by atoms with Gasteiger partial charge in [-0.2, -0.15) is 0 Å². The number of halogens is 1. The Bertz CT molecular complexity index is 571. The maximum atomic E-state index is 11.3. The number of hydrogen-bond donors (Lipinski definition) is 1. The van der Waals surface area contributed by atoms with Gasteiger partial charge in [0.25, 0.3) is 0 Å². The summed E-state index contributed by atoms with van der Waals surface area (Å²) in [6.07, 6.45) is 2.53. The fourth-order valence-electron chi connectivity index (χ4n) is 1.65. The van der Waals surface area contributed by atoms with Crippen LogP contribution >= 0.6 is 22.9 Å². The number of hydrogen-bond acceptors (Lipinski definition) is 5. The van der Waals surface area contributed by atoms with E-state index in [-0.39, 0.29) is 6.04 Å². The van der Waals surface area contributed by atoms with Crippen molar-refractivity contribution in [3.63, 3.8) is 0 Å². The second-order valence-corrected chi connectivity index (χ2v) is 6.11. The fraction of sp³-hybridized carbons (Fsp3) is 0.308. The van der Waals surface area contributed by atoms with Crippen molar-refractivity contribution in [1.82, 2.24) is 9.97 Å². The topological polar surface area (TPSA) is 54.9 Å². The molecule has 0 aliphatic carbocycles. The van der Waals surface area contributed by atoms with Crippen LogP contribution in [0.3, 0.4) is 0 Å². The molecule has 100 valence electrons. The molecule has 2 aromatic heterocycles. The minimum atomic E-state index is -0.395. The molecule has 2 heterocycles. The van der Waals surface area contributed by atoms with Gasteiger partial charge in [0.05, 0.1) is 15.9 Å². The molecule has 2 aromatic rings. The maximum absolute atomic E-state index is 11.3. The second-order valence-electron chi connectivity index (χ2n) is 4.36. The summed E-state index contributed by atoms with van der Waals surface area (Å²) in [5.74, 6) is 0.134. The number of anilines is 1. The van der Waals surface area contributed by atoms with Gasteiger partial charge in [-0.05, 0) is 32.0 Å². The normalized spacial score (nSPS) is 12.4. The van der Waals surface area contributed by atoms with Crippen molar-refractivity contribution in [2.24, 2.45) is 0 Å². The summed E-state index contributed by atoms with van der Waals surface area (Å²) in [4.78, 5) is 20.7. The number of rotatable bonds is 5. The van der Waals surface area contributed by atoms with Crippen LogP contribution in [-0.4, -0.2) is 22.3 Å². The van der Waals surface area contributed by atoms with Crippen LogP contribution in [0.25, 0.3) is 0 Å². The van der Waals surface area contributed by atoms with Crippen molar-refractivity contribution in [3.05, 3.63) is 39.3 Å². The van der Waals surface area contributed by atoms with Crippen molar-refractivity contribution < 1.29 is 4.79 Å². The van der Waals surface area contributed by atoms with E-state index in [9.17, 15) is 4.79 Å². The van der Waals surface area contributed by atoms with Crippen LogP contribution in [0.5, 0.6) is 0 Å². The molecule has 0 aliphatic heterocycles. The zero-order valence-corrected chi connectivity index (χ0v) is 12.2. The van der Waals surface area contributed by atoms with Crippen LogP contribution < -0.4 is 5.32 Å². The summed E-state index contributed by atoms with van der Waals surface area (Å²) >= 11 is 7.29. The Balaban J connectivity index is 2.30. The monoisotopic (exact) mass is 295 g/mol. The molecule has 0 spiro atoms. The molecular weight excluding hydrogens is 282 g/mol. The van der Waals surface area contributed by atoms with E-state index in [0.29, 0.717) is 16.0 Å². The van der Waals surface area contributed by atoms with E-state index >= 15 is 0 Å². The number of carbonyl (C=O) groups excluding carboxylic acids is 1. The highest BCUT2D eigenvalue weighted by Gasteiger charge is 2.17. The molecule has 6 heteroatoms. The Kier molecular flexibility index (Phi) is 4.50. The minimum absolute atomic E-state index is 0.237. The van der Waals surface area contributed by atoms with Gasteiger partial charge in [0, 0.05) is 17.1 Å². The largest absolute Gasteiger partial charge is 0.352 e. The highest BCUT2D eigenvalue weighted by atomic mass is 35.5. The first-order chi connectivity index (χ1) is 9.10. The van der Waals surface area contributed by atoms with Crippen molar-refractivity contribution in [3.8, 4) is 0 Å². The summed E-state index contributed by atoms with van der Waals surface area (Å²) in [6, 6.07) is 5.62.